The maximum absolute atomic E-state index is 12.8. The third-order valence-electron chi connectivity index (χ3n) is 3.51. The molecular weight excluding hydrogens is 307 g/mol. The maximum atomic E-state index is 12.8. The number of nitrogens with two attached hydrogens (primary N) is 1. The number of hydrogen-bond acceptors (Lipinski definition) is 4. The fraction of sp³-hybridized carbons (Fsp3) is 0.500. The second-order valence-corrected chi connectivity index (χ2v) is 6.79. The molecule has 0 aromatic heterocycles. The Morgan fingerprint density at radius 3 is 2.57 bits per heavy atom. The predicted molar refractivity (Wildman–Crippen MR) is 71.8 cm³/mol. The summed E-state index contributed by atoms with van der Waals surface area (Å²) in [5.74, 6) is 3.63. The van der Waals surface area contributed by atoms with Gasteiger partial charge in [-0.05, 0) is 25.0 Å². The lowest BCUT2D eigenvalue weighted by Gasteiger charge is -2.33. The molecular formula is C12H16F3N3O2S. The van der Waals surface area contributed by atoms with Gasteiger partial charge in [0.25, 0.3) is 0 Å². The van der Waals surface area contributed by atoms with Gasteiger partial charge in [-0.3, -0.25) is 5.84 Å². The average Bonchev–Trinajstić information content (AvgIpc) is 2.46. The zero-order valence-electron chi connectivity index (χ0n) is 11.1. The molecule has 0 spiro atoms. The standard InChI is InChI=1S/C12H16F3N3O2S/c13-12(14,15)9-4-3-7-18(8-9)21(19,20)11-6-2-1-5-10(11)17-16/h1-2,5-6,9,17H,3-4,7-8,16H2. The number of nitrogens with zero attached hydrogens (tertiary/aromatic N) is 1. The van der Waals surface area contributed by atoms with Gasteiger partial charge in [0.15, 0.2) is 0 Å². The normalized spacial score (nSPS) is 21.2. The van der Waals surface area contributed by atoms with Crippen LogP contribution in [0.4, 0.5) is 18.9 Å². The third kappa shape index (κ3) is 3.30. The molecule has 0 aliphatic carbocycles. The fourth-order valence-corrected chi connectivity index (χ4v) is 4.06. The summed E-state index contributed by atoms with van der Waals surface area (Å²) in [6, 6.07) is 5.86. The Morgan fingerprint density at radius 2 is 1.95 bits per heavy atom. The number of para-hydroxylation sites is 1. The van der Waals surface area contributed by atoms with Crippen molar-refractivity contribution in [3.8, 4) is 0 Å². The Morgan fingerprint density at radius 1 is 1.29 bits per heavy atom. The van der Waals surface area contributed by atoms with Gasteiger partial charge < -0.3 is 5.43 Å². The number of halogens is 3. The predicted octanol–water partition coefficient (Wildman–Crippen LogP) is 1.94. The minimum Gasteiger partial charge on any atom is -0.323 e. The molecule has 1 aliphatic rings. The lowest BCUT2D eigenvalue weighted by atomic mass is 9.99. The van der Waals surface area contributed by atoms with Crippen molar-refractivity contribution in [2.75, 3.05) is 18.5 Å². The van der Waals surface area contributed by atoms with Crippen LogP contribution in [0.15, 0.2) is 29.2 Å². The van der Waals surface area contributed by atoms with E-state index < -0.39 is 28.7 Å². The maximum Gasteiger partial charge on any atom is 0.393 e. The Balaban J connectivity index is 2.31. The van der Waals surface area contributed by atoms with Gasteiger partial charge in [0.1, 0.15) is 4.90 Å². The molecule has 0 bridgehead atoms. The van der Waals surface area contributed by atoms with Gasteiger partial charge in [0.2, 0.25) is 10.0 Å². The Hall–Kier alpha value is -1.32. The van der Waals surface area contributed by atoms with E-state index in [-0.39, 0.29) is 30.0 Å². The number of nitrogen functional groups attached to an aromatic ring is 1. The van der Waals surface area contributed by atoms with E-state index in [0.717, 1.165) is 4.31 Å². The first-order chi connectivity index (χ1) is 9.76. The van der Waals surface area contributed by atoms with Crippen LogP contribution in [0.2, 0.25) is 0 Å². The van der Waals surface area contributed by atoms with E-state index in [0.29, 0.717) is 0 Å². The van der Waals surface area contributed by atoms with E-state index in [1.54, 1.807) is 6.07 Å². The summed E-state index contributed by atoms with van der Waals surface area (Å²) < 4.78 is 64.3. The number of alkyl halides is 3. The Bertz CT molecular complexity index is 604. The van der Waals surface area contributed by atoms with E-state index in [1.807, 2.05) is 0 Å². The van der Waals surface area contributed by atoms with Crippen molar-refractivity contribution in [3.63, 3.8) is 0 Å². The van der Waals surface area contributed by atoms with E-state index in [1.165, 1.54) is 18.2 Å². The Kier molecular flexibility index (Phi) is 4.45. The molecule has 5 nitrogen and oxygen atoms in total. The first kappa shape index (κ1) is 16.1. The highest BCUT2D eigenvalue weighted by Crippen LogP contribution is 2.35. The van der Waals surface area contributed by atoms with E-state index >= 15 is 0 Å². The molecule has 1 aromatic rings. The molecule has 0 amide bonds. The number of sulfonamides is 1. The van der Waals surface area contributed by atoms with E-state index in [9.17, 15) is 21.6 Å². The molecule has 3 N–H and O–H groups in total. The number of nitrogens with one attached hydrogen (secondary N) is 1. The van der Waals surface area contributed by atoms with Crippen molar-refractivity contribution in [2.24, 2.45) is 11.8 Å². The topological polar surface area (TPSA) is 75.4 Å². The van der Waals surface area contributed by atoms with Gasteiger partial charge in [-0.25, -0.2) is 8.42 Å². The van der Waals surface area contributed by atoms with E-state index in [2.05, 4.69) is 5.43 Å². The van der Waals surface area contributed by atoms with Crippen LogP contribution in [0.5, 0.6) is 0 Å². The van der Waals surface area contributed by atoms with Gasteiger partial charge in [-0.15, -0.1) is 0 Å². The monoisotopic (exact) mass is 323 g/mol. The van der Waals surface area contributed by atoms with Crippen LogP contribution in [0.3, 0.4) is 0 Å². The molecule has 0 saturated carbocycles. The molecule has 1 heterocycles. The van der Waals surface area contributed by atoms with Crippen LogP contribution in [-0.2, 0) is 10.0 Å². The molecule has 9 heteroatoms. The summed E-state index contributed by atoms with van der Waals surface area (Å²) in [6.07, 6.45) is -4.26. The smallest absolute Gasteiger partial charge is 0.323 e. The van der Waals surface area contributed by atoms with Crippen LogP contribution in [0.25, 0.3) is 0 Å². The lowest BCUT2D eigenvalue weighted by molar-refractivity contribution is -0.182. The number of hydrazine groups is 1. The van der Waals surface area contributed by atoms with Crippen LogP contribution in [0.1, 0.15) is 12.8 Å². The van der Waals surface area contributed by atoms with Crippen molar-refractivity contribution in [1.29, 1.82) is 0 Å². The van der Waals surface area contributed by atoms with Crippen LogP contribution in [0, 0.1) is 5.92 Å². The van der Waals surface area contributed by atoms with Gasteiger partial charge in [-0.1, -0.05) is 12.1 Å². The molecule has 118 valence electrons. The van der Waals surface area contributed by atoms with Crippen molar-refractivity contribution >= 4 is 15.7 Å². The summed E-state index contributed by atoms with van der Waals surface area (Å²) in [5, 5.41) is 0. The number of hydrogen-bond donors (Lipinski definition) is 2. The van der Waals surface area contributed by atoms with Crippen LogP contribution < -0.4 is 11.3 Å². The zero-order valence-corrected chi connectivity index (χ0v) is 11.9. The summed E-state index contributed by atoms with van der Waals surface area (Å²) in [7, 11) is -4.01. The highest BCUT2D eigenvalue weighted by Gasteiger charge is 2.44. The molecule has 1 fully saturated rings. The highest BCUT2D eigenvalue weighted by atomic mass is 32.2. The molecule has 1 atom stereocenters. The minimum absolute atomic E-state index is 0.0493. The second-order valence-electron chi connectivity index (χ2n) is 4.88. The number of rotatable bonds is 3. The van der Waals surface area contributed by atoms with Crippen molar-refractivity contribution in [3.05, 3.63) is 24.3 Å². The molecule has 2 rings (SSSR count). The largest absolute Gasteiger partial charge is 0.393 e. The second kappa shape index (κ2) is 5.82. The highest BCUT2D eigenvalue weighted by molar-refractivity contribution is 7.89. The van der Waals surface area contributed by atoms with Gasteiger partial charge in [0.05, 0.1) is 11.6 Å². The van der Waals surface area contributed by atoms with Gasteiger partial charge >= 0.3 is 6.18 Å². The molecule has 21 heavy (non-hydrogen) atoms. The number of benzene rings is 1. The molecule has 1 aromatic carbocycles. The molecule has 1 saturated heterocycles. The number of piperidine rings is 1. The summed E-state index contributed by atoms with van der Waals surface area (Å²) >= 11 is 0. The number of anilines is 1. The van der Waals surface area contributed by atoms with Crippen molar-refractivity contribution < 1.29 is 21.6 Å². The van der Waals surface area contributed by atoms with Crippen molar-refractivity contribution in [1.82, 2.24) is 4.31 Å². The third-order valence-corrected chi connectivity index (χ3v) is 5.43. The fourth-order valence-electron chi connectivity index (χ4n) is 2.38. The van der Waals surface area contributed by atoms with Crippen LogP contribution in [-0.4, -0.2) is 32.0 Å². The van der Waals surface area contributed by atoms with Gasteiger partial charge in [-0.2, -0.15) is 17.5 Å². The summed E-state index contributed by atoms with van der Waals surface area (Å²) in [6.45, 7) is -0.474. The first-order valence-corrected chi connectivity index (χ1v) is 7.83. The van der Waals surface area contributed by atoms with E-state index in [4.69, 9.17) is 5.84 Å². The SMILES string of the molecule is NNc1ccccc1S(=O)(=O)N1CCCC(C(F)(F)F)C1. The summed E-state index contributed by atoms with van der Waals surface area (Å²) in [5.41, 5.74) is 2.41. The molecule has 1 unspecified atom stereocenters. The quantitative estimate of drug-likeness (QED) is 0.658. The Labute approximate surface area is 120 Å². The van der Waals surface area contributed by atoms with Gasteiger partial charge in [0, 0.05) is 13.1 Å². The lowest BCUT2D eigenvalue weighted by Crippen LogP contribution is -2.44. The average molecular weight is 323 g/mol. The molecule has 1 aliphatic heterocycles. The first-order valence-electron chi connectivity index (χ1n) is 6.39. The van der Waals surface area contributed by atoms with Crippen molar-refractivity contribution in [2.45, 2.75) is 23.9 Å². The van der Waals surface area contributed by atoms with Crippen LogP contribution >= 0.6 is 0 Å². The minimum atomic E-state index is -4.39. The molecule has 0 radical (unpaired) electrons. The zero-order chi connectivity index (χ0) is 15.7. The summed E-state index contributed by atoms with van der Waals surface area (Å²) in [4.78, 5) is -0.115.